The van der Waals surface area contributed by atoms with Crippen molar-refractivity contribution in [2.45, 2.75) is 85.6 Å². The van der Waals surface area contributed by atoms with Gasteiger partial charge in [0, 0.05) is 248 Å². The number of fused-ring (bicyclic) bond motifs is 12. The summed E-state index contributed by atoms with van der Waals surface area (Å²) in [6, 6.07) is 27.6. The molecule has 47 heteroatoms. The van der Waals surface area contributed by atoms with E-state index in [1.807, 2.05) is 4.90 Å². The summed E-state index contributed by atoms with van der Waals surface area (Å²) in [5.41, 5.74) is 23.2. The van der Waals surface area contributed by atoms with Crippen molar-refractivity contribution in [3.8, 4) is 35.3 Å². The maximum atomic E-state index is 15.7. The fourth-order valence-corrected chi connectivity index (χ4v) is 20.8. The van der Waals surface area contributed by atoms with E-state index in [1.165, 1.54) is 90.2 Å². The van der Waals surface area contributed by atoms with Crippen LogP contribution in [0.15, 0.2) is 146 Å². The Labute approximate surface area is 1010 Å². The number of Topliss-reactive ketones (excluding diaryl/α,β-unsaturated/α-hetero) is 2. The Bertz CT molecular complexity index is 8200. The molecule has 3 saturated carbocycles. The van der Waals surface area contributed by atoms with Crippen molar-refractivity contribution in [3.63, 3.8) is 0 Å². The molecule has 870 valence electrons. The second kappa shape index (κ2) is 40.4. The van der Waals surface area contributed by atoms with Crippen LogP contribution >= 0.6 is 11.6 Å². The second-order valence-electron chi connectivity index (χ2n) is 38.2. The number of ether oxygens (including phenoxy) is 3. The van der Waals surface area contributed by atoms with Crippen LogP contribution in [0.5, 0.6) is 35.3 Å². The summed E-state index contributed by atoms with van der Waals surface area (Å²) in [5, 5.41) is 5.71. The number of amides is 8. The first-order chi connectivity index (χ1) is 121. The molecule has 15 aromatic rings. The van der Waals surface area contributed by atoms with Gasteiger partial charge in [-0.1, -0.05) is 43.8 Å². The highest BCUT2D eigenvalue weighted by atomic mass is 35.5. The molecule has 0 bridgehead atoms. The van der Waals surface area contributed by atoms with Crippen molar-refractivity contribution in [1.82, 2.24) is 89.5 Å². The molecule has 3 atom stereocenters. The summed E-state index contributed by atoms with van der Waals surface area (Å²) in [4.78, 5) is 213. The number of benzene rings is 6. The van der Waals surface area contributed by atoms with Gasteiger partial charge >= 0.3 is 18.0 Å². The fraction of sp³-hybridized carbons (Fsp3) is 0.311. The predicted octanol–water partition coefficient (Wildman–Crippen LogP) is 23.0. The van der Waals surface area contributed by atoms with E-state index in [0.717, 1.165) is 76.1 Å². The Balaban J connectivity index is -0.0000000739. The molecule has 3 aliphatic carbocycles. The molecular formula is C103H201ClF3N29O14. The number of rotatable bonds is 24. The summed E-state index contributed by atoms with van der Waals surface area (Å²) in [6.45, 7) is 7.45. The molecule has 24 rings (SSSR count). The molecule has 0 unspecified atom stereocenters. The maximum absolute atomic E-state index is 15.7. The summed E-state index contributed by atoms with van der Waals surface area (Å²) in [6.07, 6.45) is 15.7. The summed E-state index contributed by atoms with van der Waals surface area (Å²) < 4.78 is 553. The molecule has 9 aromatic heterocycles. The number of nitrogens with zero attached hydrogens (tertiary/aromatic N) is 20. The quantitative estimate of drug-likeness (QED) is 0.0117. The first-order valence-electron chi connectivity index (χ1n) is 96.7. The van der Waals surface area contributed by atoms with Crippen LogP contribution in [-0.2, 0) is 24.0 Å². The molecule has 8 amide bonds. The monoisotopic (exact) mass is 2260 g/mol. The molecule has 9 aliphatic rings. The zero-order valence-corrected chi connectivity index (χ0v) is 81.8. The lowest BCUT2D eigenvalue weighted by molar-refractivity contribution is -0.121. The van der Waals surface area contributed by atoms with Crippen LogP contribution in [0.2, 0.25) is 0 Å². The van der Waals surface area contributed by atoms with Crippen molar-refractivity contribution in [3.05, 3.63) is 215 Å². The van der Waals surface area contributed by atoms with Crippen LogP contribution in [0.3, 0.4) is 0 Å². The van der Waals surface area contributed by atoms with Crippen molar-refractivity contribution in [2.75, 3.05) is 123 Å². The Hall–Kier alpha value is -17.0. The van der Waals surface area contributed by atoms with Gasteiger partial charge in [-0.05, 0) is 166 Å². The highest BCUT2D eigenvalue weighted by molar-refractivity contribution is 6.64. The lowest BCUT2D eigenvalue weighted by atomic mass is 9.88. The van der Waals surface area contributed by atoms with E-state index >= 15 is 4.39 Å². The zero-order valence-electron chi connectivity index (χ0n) is 179. The molecule has 6 fully saturated rings. The number of carbonyl (C=O) groups excluding carboxylic acids is 11. The van der Waals surface area contributed by atoms with E-state index in [1.54, 1.807) is 108 Å². The Kier molecular flexibility index (Phi) is 15.6. The Morgan fingerprint density at radius 1 is 0.453 bits per heavy atom. The summed E-state index contributed by atoms with van der Waals surface area (Å²) in [7, 11) is 4.73. The number of aryl methyl sites for hydroxylation is 3. The van der Waals surface area contributed by atoms with E-state index in [-0.39, 0.29) is 156 Å². The van der Waals surface area contributed by atoms with Crippen LogP contribution in [0.25, 0.3) is 65.8 Å². The Morgan fingerprint density at radius 2 is 0.773 bits per heavy atom. The molecule has 14 N–H and O–H groups in total. The number of hydrogen-bond acceptors (Lipinski definition) is 35. The minimum Gasteiger partial charge on any atom is -0.421 e. The molecule has 0 radical (unpaired) electrons. The van der Waals surface area contributed by atoms with Crippen molar-refractivity contribution >= 4 is 176 Å². The first kappa shape index (κ1) is 58.0. The van der Waals surface area contributed by atoms with E-state index in [4.69, 9.17) is 203 Å². The Morgan fingerprint density at radius 3 is 1.11 bits per heavy atom. The summed E-state index contributed by atoms with van der Waals surface area (Å²) in [5.74, 6) is 6.60. The van der Waals surface area contributed by atoms with Crippen molar-refractivity contribution in [2.24, 2.45) is 57.0 Å². The third-order valence-electron chi connectivity index (χ3n) is 28.9. The standard InChI is InChI=1S/C43H34FN9O7.C27H30FN9O3.C22H23FN8O.C10H6ClNO3.CH4.H4N2.50H2/c1-22-45-16-26(17-46-22)60-42-48-36-34(31-14-24(44)15-32(35(31)47-36)50(2)33(55)20-53-40(58)29-9-5-6-10-30(29)41(53)59)37(49-42)51-18-23(43(21-51)11-12-43)13-25(54)19-52-38(56)27-7-3-4-8-28(27)39(52)57;1-14-31-10-18(11-32-14)40-26-34-24-22(19-6-16(28)7-20(23(19)33-24)36(2)21(39)9-30)25(35-26)37-12-15(5-17(38)8-29)27(13-37)3-4-27;1-11-26-7-13(8-27-11)32-21-29-19-17(14-5-12(23)6-15(25-2)18(14)28-19)20(30-21)31-9-16(24)22(10-31)3-4-22;11-8(13)5-12-9(14)6-3-1-2-4-7(6)10(12)15;;1-2;;;;;;;;;;;;;;;;;;;;;;;;;;;;;;;;;;;;;;;;;;;;;;;;;;/h3-10,14-17,23H,11-13,18-21H2,1-2H3,(H,47,48,49);6-7,10-11,15H,3-5,8-9,12-13,29-30H2,1-2H3,(H,33,34,35);5-8,16,25H,3-4,9-10,24H2,1-2H3,(H,28,29,30);1-4H,5H2;1H4;1-2H2;50*1H/t23-;15-;16-;;;;;;;;;;;;;;;;;;;;;;;;;;;;;;;;;;;;;;;;;;;;;;;;;;;;;/m000...................................................../s1/i;;;;;;49*1+1D;1+1. The number of nitrogens with one attached hydrogen (secondary N) is 4. The largest absolute Gasteiger partial charge is 0.421 e. The normalized spacial score (nSPS) is 20.0. The first-order valence-corrected chi connectivity index (χ1v) is 48.1. The van der Waals surface area contributed by atoms with Crippen molar-refractivity contribution < 1.29 is 227 Å². The number of aromatic amines is 3. The molecule has 3 spiro atoms. The van der Waals surface area contributed by atoms with Crippen LogP contribution in [0.1, 0.15) is 285 Å². The SMILES string of the molecule is C.CNc1cc(F)cc2c1[nH]c1nc(Oc3cnc(C)nc3)nc(N3C[C@H](N)C4(CC4)C3)c12.Cc1ncc(Oc2nc(N3C[C@H](CC(=O)CN)C4(CC4)C3)c3c(n2)[nH]c2c(N(C)C(=O)CN)cc(F)cc23)cn1.Cc1ncc(Oc2nc(N3C[C@H](CC(=O)CN4C(=O)c5ccccc5C4=O)C4(CC4)C3)c3c(n2)[nH]c2c(N(C)C(=O)CN4C(=O)c5ccccc5C4=O)cc(F)cc23)cn1.NN.O=C(Cl)CN1C(=O)c2ccccc2C1=O.[2HH].[2H][2H].[2H][2H].[2H][2H].[2H][2H].[2H][2H].[2H][2H].[2H][2H].[2H][2H].[2H][2H].[2H][2H].[2H][2H].[2H][2H].[2H][2H].[2H][2H].[2H][2H].[2H][2H].[2H][2H].[2H][2H].[2H][2H].[2H][2H].[2H][2H].[2H][2H].[2H][2H].[2H][2H].[2H][2H].[2H][2H].[2H][2H].[2H][2H].[2H][2H].[2H][2H].[2H][2H].[2H][2H].[2H][2H].[2H][2H].[2H][2H].[2H][2H].[2H][2H].[2H][2H].[2H][2H].[2H][2H].[2H][2H].[2H][2H].[2H][2H].[2H][2H].[2H][2H].[2H][2H].[2H][2H].[2H][2H].[2H][2H]. The molecule has 6 aromatic carbocycles. The topological polar surface area (TPSA) is 586 Å². The molecule has 3 saturated heterocycles. The number of ketones is 2. The molecule has 15 heterocycles. The van der Waals surface area contributed by atoms with Gasteiger partial charge in [-0.15, -0.1) is 0 Å². The lowest BCUT2D eigenvalue weighted by Crippen LogP contribution is -2.41. The number of anilines is 6. The van der Waals surface area contributed by atoms with Crippen LogP contribution < -0.4 is 72.9 Å². The predicted molar refractivity (Wildman–Crippen MR) is 652 cm³/mol. The maximum Gasteiger partial charge on any atom is 0.326 e. The average Bonchev–Trinajstić information content (AvgIpc) is 1.56. The molecule has 43 nitrogen and oxygen atoms in total. The number of halogens is 4. The van der Waals surface area contributed by atoms with E-state index in [0.29, 0.717) is 152 Å². The van der Waals surface area contributed by atoms with E-state index in [9.17, 15) is 61.5 Å². The van der Waals surface area contributed by atoms with Gasteiger partial charge in [0.2, 0.25) is 17.1 Å². The lowest BCUT2D eigenvalue weighted by Gasteiger charge is -2.22. The van der Waals surface area contributed by atoms with Gasteiger partial charge in [0.1, 0.15) is 88.2 Å². The minimum atomic E-state index is -0.732. The third-order valence-corrected chi connectivity index (χ3v) is 29.0. The van der Waals surface area contributed by atoms with Crippen LogP contribution in [-0.4, -0.2) is 253 Å². The number of hydrazine groups is 1. The number of nitrogens with two attached hydrogens (primary N) is 5. The smallest absolute Gasteiger partial charge is 0.326 e. The molecular weight excluding hydrogens is 1960 g/mol. The zero-order chi connectivity index (χ0) is 203. The second-order valence-corrected chi connectivity index (χ2v) is 38.6. The fourth-order valence-electron chi connectivity index (χ4n) is 20.6. The number of aromatic nitrogens is 15. The van der Waals surface area contributed by atoms with Gasteiger partial charge < -0.3 is 76.2 Å². The third kappa shape index (κ3) is 19.2. The highest BCUT2D eigenvalue weighted by Gasteiger charge is 2.58. The van der Waals surface area contributed by atoms with Crippen molar-refractivity contribution in [1.29, 1.82) is 0 Å². The van der Waals surface area contributed by atoms with Crippen LogP contribution in [0, 0.1) is 66.3 Å². The number of likely N-dealkylation sites (N-methyl/N-ethyl adjacent to an activating group) is 2. The van der Waals surface area contributed by atoms with Gasteiger partial charge in [-0.2, -0.15) is 29.9 Å². The van der Waals surface area contributed by atoms with Crippen LogP contribution in [0.4, 0.5) is 47.7 Å². The molecule has 150 heavy (non-hydrogen) atoms. The minimum absolute atomic E-state index is 0. The van der Waals surface area contributed by atoms with E-state index in [2.05, 4.69) is 86.6 Å². The van der Waals surface area contributed by atoms with Gasteiger partial charge in [0.15, 0.2) is 23.0 Å². The van der Waals surface area contributed by atoms with E-state index < -0.39 is 64.8 Å². The number of imide groups is 3. The number of hydrogen-bond donors (Lipinski definition) is 9. The van der Waals surface area contributed by atoms with Gasteiger partial charge in [0.25, 0.3) is 35.4 Å². The number of H-pyrrole nitrogens is 3. The van der Waals surface area contributed by atoms with Gasteiger partial charge in [-0.3, -0.25) is 79.1 Å². The number of carbonyl (C=O) groups is 11. The average molecular weight is 2260 g/mol. The molecule has 6 aliphatic heterocycles. The highest BCUT2D eigenvalue weighted by Crippen LogP contribution is 2.61. The van der Waals surface area contributed by atoms with Gasteiger partial charge in [-0.25, -0.2) is 43.1 Å². The summed E-state index contributed by atoms with van der Waals surface area (Å²) >= 11 is 5.15. The van der Waals surface area contributed by atoms with Gasteiger partial charge in [0.05, 0.1) is 140 Å².